The van der Waals surface area contributed by atoms with E-state index in [-0.39, 0.29) is 11.8 Å². The lowest BCUT2D eigenvalue weighted by atomic mass is 10.0. The Labute approximate surface area is 123 Å². The van der Waals surface area contributed by atoms with Crippen molar-refractivity contribution in [3.8, 4) is 0 Å². The molecule has 1 aliphatic carbocycles. The molecule has 0 spiro atoms. The lowest BCUT2D eigenvalue weighted by Gasteiger charge is -2.33. The van der Waals surface area contributed by atoms with Crippen molar-refractivity contribution in [3.05, 3.63) is 35.4 Å². The number of benzene rings is 1. The lowest BCUT2D eigenvalue weighted by molar-refractivity contribution is -0.163. The number of amides is 1. The number of carbonyl (C=O) groups excluding carboxylic acids is 2. The van der Waals surface area contributed by atoms with Gasteiger partial charge in [-0.2, -0.15) is 0 Å². The average Bonchev–Trinajstić information content (AvgIpc) is 2.97. The molecule has 112 valence electrons. The average molecular weight is 289 g/mol. The molecule has 0 N–H and O–H groups in total. The van der Waals surface area contributed by atoms with Crippen LogP contribution in [0.25, 0.3) is 0 Å². The summed E-state index contributed by atoms with van der Waals surface area (Å²) < 4.78 is 10.1. The first-order valence-electron chi connectivity index (χ1n) is 7.24. The molecule has 3 rings (SSSR count). The summed E-state index contributed by atoms with van der Waals surface area (Å²) in [5, 5.41) is 0. The van der Waals surface area contributed by atoms with Crippen LogP contribution in [0.3, 0.4) is 0 Å². The normalized spacial score (nSPS) is 22.0. The highest BCUT2D eigenvalue weighted by atomic mass is 16.6. The van der Waals surface area contributed by atoms with E-state index in [2.05, 4.69) is 12.1 Å². The van der Waals surface area contributed by atoms with Crippen LogP contribution in [0.2, 0.25) is 0 Å². The molecule has 0 aromatic heterocycles. The second-order valence-electron chi connectivity index (χ2n) is 5.54. The number of esters is 1. The van der Waals surface area contributed by atoms with Crippen LogP contribution in [0.5, 0.6) is 0 Å². The summed E-state index contributed by atoms with van der Waals surface area (Å²) in [6.07, 6.45) is 0.918. The Bertz CT molecular complexity index is 532. The third-order valence-electron chi connectivity index (χ3n) is 4.24. The van der Waals surface area contributed by atoms with Crippen LogP contribution >= 0.6 is 0 Å². The standard InChI is InChI=1S/C16H19NO4/c1-20-16(19)14-10-17(6-7-21-14)15(18)13-8-11-4-2-3-5-12(11)9-13/h2-5,13-14H,6-10H2,1H3. The van der Waals surface area contributed by atoms with Crippen molar-refractivity contribution < 1.29 is 19.1 Å². The molecule has 0 radical (unpaired) electrons. The highest BCUT2D eigenvalue weighted by Crippen LogP contribution is 2.28. The molecule has 0 saturated carbocycles. The Morgan fingerprint density at radius 2 is 1.90 bits per heavy atom. The van der Waals surface area contributed by atoms with Gasteiger partial charge in [-0.3, -0.25) is 4.79 Å². The number of hydrogen-bond acceptors (Lipinski definition) is 4. The Morgan fingerprint density at radius 3 is 2.52 bits per heavy atom. The molecule has 1 unspecified atom stereocenters. The number of ether oxygens (including phenoxy) is 2. The Kier molecular flexibility index (Phi) is 3.92. The van der Waals surface area contributed by atoms with E-state index in [9.17, 15) is 9.59 Å². The SMILES string of the molecule is COC(=O)C1CN(C(=O)C2Cc3ccccc3C2)CCO1. The monoisotopic (exact) mass is 289 g/mol. The second-order valence-corrected chi connectivity index (χ2v) is 5.54. The fourth-order valence-corrected chi connectivity index (χ4v) is 3.12. The van der Waals surface area contributed by atoms with Gasteiger partial charge in [0.05, 0.1) is 20.3 Å². The van der Waals surface area contributed by atoms with E-state index in [1.165, 1.54) is 18.2 Å². The first kappa shape index (κ1) is 14.1. The first-order valence-corrected chi connectivity index (χ1v) is 7.24. The second kappa shape index (κ2) is 5.85. The Balaban J connectivity index is 1.65. The van der Waals surface area contributed by atoms with Crippen molar-refractivity contribution in [2.45, 2.75) is 18.9 Å². The van der Waals surface area contributed by atoms with Crippen LogP contribution in [0.1, 0.15) is 11.1 Å². The largest absolute Gasteiger partial charge is 0.467 e. The molecule has 1 saturated heterocycles. The molecular formula is C16H19NO4. The highest BCUT2D eigenvalue weighted by molar-refractivity contribution is 5.82. The van der Waals surface area contributed by atoms with Gasteiger partial charge in [-0.1, -0.05) is 24.3 Å². The number of rotatable bonds is 2. The third kappa shape index (κ3) is 2.78. The van der Waals surface area contributed by atoms with Crippen LogP contribution in [-0.2, 0) is 31.9 Å². The van der Waals surface area contributed by atoms with Crippen LogP contribution < -0.4 is 0 Å². The van der Waals surface area contributed by atoms with Gasteiger partial charge in [0.2, 0.25) is 5.91 Å². The molecule has 1 heterocycles. The van der Waals surface area contributed by atoms with Gasteiger partial charge >= 0.3 is 5.97 Å². The molecule has 21 heavy (non-hydrogen) atoms. The summed E-state index contributed by atoms with van der Waals surface area (Å²) in [5.74, 6) is -0.315. The minimum absolute atomic E-state index is 0.0150. The van der Waals surface area contributed by atoms with Gasteiger partial charge in [0.25, 0.3) is 0 Å². The molecule has 5 heteroatoms. The fraction of sp³-hybridized carbons (Fsp3) is 0.500. The minimum atomic E-state index is -0.656. The zero-order valence-corrected chi connectivity index (χ0v) is 12.1. The molecule has 1 amide bonds. The number of carbonyl (C=O) groups is 2. The van der Waals surface area contributed by atoms with Crippen molar-refractivity contribution in [3.63, 3.8) is 0 Å². The predicted molar refractivity (Wildman–Crippen MR) is 75.7 cm³/mol. The van der Waals surface area contributed by atoms with Crippen molar-refractivity contribution in [1.29, 1.82) is 0 Å². The Hall–Kier alpha value is -1.88. The first-order chi connectivity index (χ1) is 10.2. The van der Waals surface area contributed by atoms with Crippen LogP contribution in [-0.4, -0.2) is 49.7 Å². The molecule has 1 aromatic rings. The van der Waals surface area contributed by atoms with Gasteiger partial charge < -0.3 is 14.4 Å². The van der Waals surface area contributed by atoms with Gasteiger partial charge in [0.1, 0.15) is 0 Å². The van der Waals surface area contributed by atoms with E-state index >= 15 is 0 Å². The zero-order valence-electron chi connectivity index (χ0n) is 12.1. The van der Waals surface area contributed by atoms with E-state index in [0.29, 0.717) is 19.7 Å². The minimum Gasteiger partial charge on any atom is -0.467 e. The summed E-state index contributed by atoms with van der Waals surface area (Å²) in [4.78, 5) is 25.9. The van der Waals surface area contributed by atoms with Crippen LogP contribution in [0, 0.1) is 5.92 Å². The summed E-state index contributed by atoms with van der Waals surface area (Å²) in [6.45, 7) is 1.21. The maximum Gasteiger partial charge on any atom is 0.336 e. The van der Waals surface area contributed by atoms with Gasteiger partial charge in [0, 0.05) is 12.5 Å². The molecule has 1 aromatic carbocycles. The van der Waals surface area contributed by atoms with Gasteiger partial charge in [0.15, 0.2) is 6.10 Å². The molecule has 5 nitrogen and oxygen atoms in total. The molecule has 1 fully saturated rings. The molecule has 1 aliphatic heterocycles. The van der Waals surface area contributed by atoms with Gasteiger partial charge in [-0.25, -0.2) is 4.79 Å². The zero-order chi connectivity index (χ0) is 14.8. The molecule has 0 bridgehead atoms. The van der Waals surface area contributed by atoms with E-state index in [1.807, 2.05) is 12.1 Å². The number of methoxy groups -OCH3 is 1. The van der Waals surface area contributed by atoms with Gasteiger partial charge in [-0.15, -0.1) is 0 Å². The number of nitrogens with zero attached hydrogens (tertiary/aromatic N) is 1. The van der Waals surface area contributed by atoms with Crippen molar-refractivity contribution in [2.24, 2.45) is 5.92 Å². The summed E-state index contributed by atoms with van der Waals surface area (Å²) in [5.41, 5.74) is 2.52. The predicted octanol–water partition coefficient (Wildman–Crippen LogP) is 0.802. The van der Waals surface area contributed by atoms with E-state index < -0.39 is 12.1 Å². The van der Waals surface area contributed by atoms with Crippen molar-refractivity contribution in [2.75, 3.05) is 26.8 Å². The van der Waals surface area contributed by atoms with E-state index in [0.717, 1.165) is 12.8 Å². The third-order valence-corrected chi connectivity index (χ3v) is 4.24. The molecule has 2 aliphatic rings. The molecule has 1 atom stereocenters. The van der Waals surface area contributed by atoms with E-state index in [1.54, 1.807) is 4.90 Å². The maximum absolute atomic E-state index is 12.6. The quantitative estimate of drug-likeness (QED) is 0.756. The topological polar surface area (TPSA) is 55.8 Å². The fourth-order valence-electron chi connectivity index (χ4n) is 3.12. The van der Waals surface area contributed by atoms with Crippen LogP contribution in [0.4, 0.5) is 0 Å². The highest BCUT2D eigenvalue weighted by Gasteiger charge is 2.35. The van der Waals surface area contributed by atoms with Crippen LogP contribution in [0.15, 0.2) is 24.3 Å². The summed E-state index contributed by atoms with van der Waals surface area (Å²) in [6, 6.07) is 8.18. The van der Waals surface area contributed by atoms with Gasteiger partial charge in [-0.05, 0) is 24.0 Å². The Morgan fingerprint density at radius 1 is 1.24 bits per heavy atom. The van der Waals surface area contributed by atoms with Crippen molar-refractivity contribution >= 4 is 11.9 Å². The number of fused-ring (bicyclic) bond motifs is 1. The smallest absolute Gasteiger partial charge is 0.336 e. The van der Waals surface area contributed by atoms with E-state index in [4.69, 9.17) is 9.47 Å². The number of morpholine rings is 1. The molecular weight excluding hydrogens is 270 g/mol. The lowest BCUT2D eigenvalue weighted by Crippen LogP contribution is -2.50. The summed E-state index contributed by atoms with van der Waals surface area (Å²) in [7, 11) is 1.33. The summed E-state index contributed by atoms with van der Waals surface area (Å²) >= 11 is 0. The maximum atomic E-state index is 12.6. The number of hydrogen-bond donors (Lipinski definition) is 0. The van der Waals surface area contributed by atoms with Crippen molar-refractivity contribution in [1.82, 2.24) is 4.90 Å².